The maximum absolute atomic E-state index is 11.9. The Kier molecular flexibility index (Phi) is 9.52. The van der Waals surface area contributed by atoms with Gasteiger partial charge in [0.15, 0.2) is 5.78 Å². The van der Waals surface area contributed by atoms with Crippen LogP contribution in [0, 0.1) is 5.92 Å². The van der Waals surface area contributed by atoms with Crippen molar-refractivity contribution in [2.24, 2.45) is 5.92 Å². The lowest BCUT2D eigenvalue weighted by Crippen LogP contribution is -2.02. The molecule has 0 saturated heterocycles. The molecule has 0 unspecified atom stereocenters. The number of hydrogen-bond acceptors (Lipinski definition) is 1. The van der Waals surface area contributed by atoms with Gasteiger partial charge in [-0.1, -0.05) is 63.1 Å². The number of hydrogen-bond donors (Lipinski definition) is 0. The van der Waals surface area contributed by atoms with Crippen molar-refractivity contribution in [2.75, 3.05) is 0 Å². The molecule has 1 rings (SSSR count). The van der Waals surface area contributed by atoms with E-state index in [2.05, 4.69) is 50.3 Å². The van der Waals surface area contributed by atoms with E-state index >= 15 is 0 Å². The summed E-state index contributed by atoms with van der Waals surface area (Å²) in [5.74, 6) is 0.521. The van der Waals surface area contributed by atoms with Crippen LogP contribution in [0.3, 0.4) is 0 Å². The lowest BCUT2D eigenvalue weighted by Gasteiger charge is -2.07. The number of carbonyl (C=O) groups excluding carboxylic acids is 1. The predicted octanol–water partition coefficient (Wildman–Crippen LogP) is 5.94. The second-order valence-corrected chi connectivity index (χ2v) is 5.65. The largest absolute Gasteiger partial charge is 0.290 e. The normalized spacial score (nSPS) is 20.6. The van der Waals surface area contributed by atoms with Gasteiger partial charge in [-0.3, -0.25) is 4.79 Å². The van der Waals surface area contributed by atoms with Crippen LogP contribution in [0.2, 0.25) is 0 Å². The van der Waals surface area contributed by atoms with Crippen LogP contribution in [-0.2, 0) is 4.79 Å². The summed E-state index contributed by atoms with van der Waals surface area (Å²) in [5.41, 5.74) is 1.01. The minimum atomic E-state index is 0.214. The van der Waals surface area contributed by atoms with Gasteiger partial charge in [0.05, 0.1) is 0 Å². The molecular formula is C20H30O. The quantitative estimate of drug-likeness (QED) is 0.276. The third-order valence-electron chi connectivity index (χ3n) is 3.79. The number of allylic oxidation sites excluding steroid dienone is 8. The zero-order valence-corrected chi connectivity index (χ0v) is 13.7. The van der Waals surface area contributed by atoms with Crippen LogP contribution in [0.1, 0.15) is 65.2 Å². The molecule has 0 aromatic carbocycles. The lowest BCUT2D eigenvalue weighted by atomic mass is 9.96. The number of ketones is 1. The van der Waals surface area contributed by atoms with Crippen molar-refractivity contribution >= 4 is 5.78 Å². The van der Waals surface area contributed by atoms with Crippen LogP contribution in [0.4, 0.5) is 0 Å². The van der Waals surface area contributed by atoms with Crippen LogP contribution < -0.4 is 0 Å². The fourth-order valence-electron chi connectivity index (χ4n) is 2.50. The van der Waals surface area contributed by atoms with Gasteiger partial charge in [-0.2, -0.15) is 0 Å². The second kappa shape index (κ2) is 11.3. The molecule has 0 N–H and O–H groups in total. The van der Waals surface area contributed by atoms with Crippen LogP contribution in [0.15, 0.2) is 48.1 Å². The Hall–Kier alpha value is -1.37. The molecule has 0 spiro atoms. The Labute approximate surface area is 130 Å². The smallest absolute Gasteiger partial charge is 0.181 e. The summed E-state index contributed by atoms with van der Waals surface area (Å²) in [5, 5.41) is 0. The van der Waals surface area contributed by atoms with Gasteiger partial charge in [0.2, 0.25) is 0 Å². The third-order valence-corrected chi connectivity index (χ3v) is 3.79. The molecule has 0 aromatic rings. The van der Waals surface area contributed by atoms with Gasteiger partial charge in [0.1, 0.15) is 0 Å². The first-order valence-electron chi connectivity index (χ1n) is 8.52. The van der Waals surface area contributed by atoms with E-state index in [0.717, 1.165) is 44.1 Å². The monoisotopic (exact) mass is 286 g/mol. The Balaban J connectivity index is 2.37. The molecule has 21 heavy (non-hydrogen) atoms. The molecule has 0 radical (unpaired) electrons. The Morgan fingerprint density at radius 2 is 1.76 bits per heavy atom. The molecule has 0 fully saturated rings. The van der Waals surface area contributed by atoms with E-state index in [0.29, 0.717) is 5.92 Å². The van der Waals surface area contributed by atoms with Crippen molar-refractivity contribution in [3.8, 4) is 0 Å². The molecule has 0 aromatic heterocycles. The summed E-state index contributed by atoms with van der Waals surface area (Å²) >= 11 is 0. The fraction of sp³-hybridized carbons (Fsp3) is 0.550. The van der Waals surface area contributed by atoms with Gasteiger partial charge in [-0.25, -0.2) is 0 Å². The number of carbonyl (C=O) groups is 1. The SMILES string of the molecule is CC/C=C\CCC/C=C1/C(=O)C=C[C@@H]1C/C=C\CCCC. The van der Waals surface area contributed by atoms with E-state index in [-0.39, 0.29) is 5.78 Å². The van der Waals surface area contributed by atoms with Crippen molar-refractivity contribution in [1.29, 1.82) is 0 Å². The minimum Gasteiger partial charge on any atom is -0.290 e. The van der Waals surface area contributed by atoms with Crippen LogP contribution >= 0.6 is 0 Å². The fourth-order valence-corrected chi connectivity index (χ4v) is 2.50. The van der Waals surface area contributed by atoms with Gasteiger partial charge < -0.3 is 0 Å². The van der Waals surface area contributed by atoms with E-state index in [4.69, 9.17) is 0 Å². The van der Waals surface area contributed by atoms with Crippen LogP contribution in [0.25, 0.3) is 0 Å². The average Bonchev–Trinajstić information content (AvgIpc) is 2.83. The van der Waals surface area contributed by atoms with Crippen molar-refractivity contribution in [2.45, 2.75) is 65.2 Å². The van der Waals surface area contributed by atoms with Crippen molar-refractivity contribution in [3.63, 3.8) is 0 Å². The molecule has 1 heteroatoms. The van der Waals surface area contributed by atoms with Crippen molar-refractivity contribution < 1.29 is 4.79 Å². The van der Waals surface area contributed by atoms with Gasteiger partial charge in [0, 0.05) is 11.5 Å². The topological polar surface area (TPSA) is 17.1 Å². The van der Waals surface area contributed by atoms with Crippen LogP contribution in [0.5, 0.6) is 0 Å². The Morgan fingerprint density at radius 1 is 1.00 bits per heavy atom. The minimum absolute atomic E-state index is 0.214. The molecule has 116 valence electrons. The maximum atomic E-state index is 11.9. The first kappa shape index (κ1) is 17.7. The van der Waals surface area contributed by atoms with E-state index in [1.807, 2.05) is 0 Å². The highest BCUT2D eigenvalue weighted by atomic mass is 16.1. The highest BCUT2D eigenvalue weighted by Gasteiger charge is 2.21. The van der Waals surface area contributed by atoms with Crippen LogP contribution in [-0.4, -0.2) is 5.78 Å². The summed E-state index contributed by atoms with van der Waals surface area (Å²) in [7, 11) is 0. The zero-order chi connectivity index (χ0) is 15.3. The lowest BCUT2D eigenvalue weighted by molar-refractivity contribution is -0.111. The predicted molar refractivity (Wildman–Crippen MR) is 92.3 cm³/mol. The molecular weight excluding hydrogens is 256 g/mol. The zero-order valence-electron chi connectivity index (χ0n) is 13.7. The van der Waals surface area contributed by atoms with Crippen molar-refractivity contribution in [1.82, 2.24) is 0 Å². The van der Waals surface area contributed by atoms with E-state index in [9.17, 15) is 4.79 Å². The molecule has 0 amide bonds. The number of unbranched alkanes of at least 4 members (excludes halogenated alkanes) is 4. The Bertz CT molecular complexity index is 410. The highest BCUT2D eigenvalue weighted by molar-refractivity contribution is 6.07. The first-order chi connectivity index (χ1) is 10.3. The molecule has 1 aliphatic rings. The van der Waals surface area contributed by atoms with E-state index in [1.54, 1.807) is 6.08 Å². The molecule has 0 heterocycles. The van der Waals surface area contributed by atoms with Gasteiger partial charge in [-0.05, 0) is 44.6 Å². The maximum Gasteiger partial charge on any atom is 0.181 e. The molecule has 1 nitrogen and oxygen atoms in total. The Morgan fingerprint density at radius 3 is 2.52 bits per heavy atom. The summed E-state index contributed by atoms with van der Waals surface area (Å²) < 4.78 is 0. The van der Waals surface area contributed by atoms with E-state index < -0.39 is 0 Å². The third kappa shape index (κ3) is 7.27. The van der Waals surface area contributed by atoms with E-state index in [1.165, 1.54) is 12.8 Å². The van der Waals surface area contributed by atoms with Gasteiger partial charge in [0.25, 0.3) is 0 Å². The van der Waals surface area contributed by atoms with Crippen molar-refractivity contribution in [3.05, 3.63) is 48.1 Å². The molecule has 0 bridgehead atoms. The highest BCUT2D eigenvalue weighted by Crippen LogP contribution is 2.26. The van der Waals surface area contributed by atoms with Gasteiger partial charge in [-0.15, -0.1) is 0 Å². The summed E-state index contributed by atoms with van der Waals surface area (Å²) in [6.45, 7) is 4.36. The molecule has 0 aliphatic heterocycles. The average molecular weight is 286 g/mol. The summed E-state index contributed by atoms with van der Waals surface area (Å²) in [6, 6.07) is 0. The molecule has 1 atom stereocenters. The molecule has 1 aliphatic carbocycles. The molecule has 0 saturated carbocycles. The summed E-state index contributed by atoms with van der Waals surface area (Å²) in [6.07, 6.45) is 23.9. The standard InChI is InChI=1S/C20H30O/c1-3-5-7-9-11-13-15-19-18(16-17-20(19)21)14-12-10-8-6-4-2/h5,7,10,12,15-18H,3-4,6,8-9,11,13-14H2,1-2H3/b7-5-,12-10-,19-15+/t18-/m0/s1. The van der Waals surface area contributed by atoms with Gasteiger partial charge >= 0.3 is 0 Å². The second-order valence-electron chi connectivity index (χ2n) is 5.65. The first-order valence-corrected chi connectivity index (χ1v) is 8.52. The number of rotatable bonds is 10. The summed E-state index contributed by atoms with van der Waals surface area (Å²) in [4.78, 5) is 11.9.